The van der Waals surface area contributed by atoms with Gasteiger partial charge in [-0.3, -0.25) is 15.1 Å². The predicted octanol–water partition coefficient (Wildman–Crippen LogP) is 5.72. The van der Waals surface area contributed by atoms with Crippen molar-refractivity contribution in [3.63, 3.8) is 0 Å². The van der Waals surface area contributed by atoms with E-state index in [0.717, 1.165) is 22.5 Å². The molecule has 1 heterocycles. The van der Waals surface area contributed by atoms with Gasteiger partial charge in [-0.15, -0.1) is 0 Å². The fourth-order valence-electron chi connectivity index (χ4n) is 3.36. The van der Waals surface area contributed by atoms with Gasteiger partial charge in [0.2, 0.25) is 0 Å². The molecular weight excluding hydrogens is 406 g/mol. The second-order valence-corrected chi connectivity index (χ2v) is 7.46. The maximum atomic E-state index is 11.4. The van der Waals surface area contributed by atoms with E-state index in [2.05, 4.69) is 4.99 Å². The molecule has 0 unspecified atom stereocenters. The van der Waals surface area contributed by atoms with Gasteiger partial charge in [0.05, 0.1) is 21.2 Å². The molecule has 1 aromatic heterocycles. The van der Waals surface area contributed by atoms with Gasteiger partial charge < -0.3 is 9.67 Å². The molecule has 0 saturated heterocycles. The van der Waals surface area contributed by atoms with Gasteiger partial charge >= 0.3 is 5.97 Å². The SMILES string of the molecule is Cc1cc(N=Cc2cc(C)n(-c3ccc(Cl)c(C(=O)O)c3)c2C)cc([N+](=O)[O-])c1C. The minimum atomic E-state index is -1.09. The summed E-state index contributed by atoms with van der Waals surface area (Å²) in [5.74, 6) is -1.09. The summed E-state index contributed by atoms with van der Waals surface area (Å²) in [5.41, 5.74) is 5.21. The first kappa shape index (κ1) is 21.3. The van der Waals surface area contributed by atoms with Gasteiger partial charge in [-0.05, 0) is 63.6 Å². The lowest BCUT2D eigenvalue weighted by Crippen LogP contribution is -2.03. The highest BCUT2D eigenvalue weighted by Gasteiger charge is 2.16. The molecule has 0 saturated carbocycles. The monoisotopic (exact) mass is 425 g/mol. The molecule has 154 valence electrons. The van der Waals surface area contributed by atoms with Crippen molar-refractivity contribution in [1.29, 1.82) is 0 Å². The third kappa shape index (κ3) is 3.97. The van der Waals surface area contributed by atoms with Crippen molar-refractivity contribution in [2.24, 2.45) is 4.99 Å². The number of aromatic carboxylic acids is 1. The Bertz CT molecular complexity index is 1210. The van der Waals surface area contributed by atoms with E-state index in [1.54, 1.807) is 31.3 Å². The molecule has 0 radical (unpaired) electrons. The number of aromatic nitrogens is 1. The van der Waals surface area contributed by atoms with Gasteiger partial charge in [0.1, 0.15) is 0 Å². The maximum Gasteiger partial charge on any atom is 0.337 e. The molecule has 0 aliphatic rings. The van der Waals surface area contributed by atoms with Crippen LogP contribution in [0, 0.1) is 37.8 Å². The maximum absolute atomic E-state index is 11.4. The number of halogens is 1. The quantitative estimate of drug-likeness (QED) is 0.321. The number of nitrogens with zero attached hydrogens (tertiary/aromatic N) is 3. The molecule has 0 aliphatic heterocycles. The van der Waals surface area contributed by atoms with E-state index in [4.69, 9.17) is 11.6 Å². The van der Waals surface area contributed by atoms with Crippen molar-refractivity contribution < 1.29 is 14.8 Å². The van der Waals surface area contributed by atoms with Crippen LogP contribution in [0.5, 0.6) is 0 Å². The van der Waals surface area contributed by atoms with Gasteiger partial charge in [0, 0.05) is 40.5 Å². The van der Waals surface area contributed by atoms with Crippen molar-refractivity contribution in [3.05, 3.63) is 85.2 Å². The summed E-state index contributed by atoms with van der Waals surface area (Å²) in [6.45, 7) is 7.33. The Kier molecular flexibility index (Phi) is 5.75. The van der Waals surface area contributed by atoms with E-state index in [-0.39, 0.29) is 16.3 Å². The second kappa shape index (κ2) is 8.12. The molecule has 7 nitrogen and oxygen atoms in total. The first-order valence-corrected chi connectivity index (χ1v) is 9.49. The number of benzene rings is 2. The first-order valence-electron chi connectivity index (χ1n) is 9.12. The number of hydrogen-bond donors (Lipinski definition) is 1. The lowest BCUT2D eigenvalue weighted by atomic mass is 10.1. The Morgan fingerprint density at radius 1 is 1.17 bits per heavy atom. The fourth-order valence-corrected chi connectivity index (χ4v) is 3.56. The number of carboxylic acid groups (broad SMARTS) is 1. The summed E-state index contributed by atoms with van der Waals surface area (Å²) >= 11 is 5.98. The molecule has 0 bridgehead atoms. The van der Waals surface area contributed by atoms with E-state index in [1.165, 1.54) is 12.1 Å². The van der Waals surface area contributed by atoms with Crippen LogP contribution in [0.4, 0.5) is 11.4 Å². The number of carboxylic acids is 1. The van der Waals surface area contributed by atoms with Crippen LogP contribution in [0.25, 0.3) is 5.69 Å². The van der Waals surface area contributed by atoms with E-state index in [9.17, 15) is 20.0 Å². The van der Waals surface area contributed by atoms with Crippen LogP contribution < -0.4 is 0 Å². The van der Waals surface area contributed by atoms with Crippen molar-refractivity contribution in [2.45, 2.75) is 27.7 Å². The summed E-state index contributed by atoms with van der Waals surface area (Å²) in [6.07, 6.45) is 1.65. The standard InChI is InChI=1S/C22H20ClN3O4/c1-12-7-17(9-21(14(12)3)26(29)30)24-11-16-8-13(2)25(15(16)4)18-5-6-20(23)19(10-18)22(27)28/h5-11H,1-4H3,(H,27,28). The van der Waals surface area contributed by atoms with Crippen LogP contribution in [-0.4, -0.2) is 26.8 Å². The molecule has 1 N–H and O–H groups in total. The largest absolute Gasteiger partial charge is 0.478 e. The molecule has 2 aromatic carbocycles. The highest BCUT2D eigenvalue weighted by molar-refractivity contribution is 6.33. The molecule has 3 aromatic rings. The first-order chi connectivity index (χ1) is 14.1. The summed E-state index contributed by atoms with van der Waals surface area (Å²) in [5, 5.41) is 20.8. The molecule has 8 heteroatoms. The summed E-state index contributed by atoms with van der Waals surface area (Å²) < 4.78 is 1.91. The van der Waals surface area contributed by atoms with Crippen molar-refractivity contribution in [3.8, 4) is 5.69 Å². The van der Waals surface area contributed by atoms with Crippen molar-refractivity contribution >= 4 is 35.2 Å². The third-order valence-electron chi connectivity index (χ3n) is 5.08. The van der Waals surface area contributed by atoms with E-state index >= 15 is 0 Å². The smallest absolute Gasteiger partial charge is 0.337 e. The molecule has 0 atom stereocenters. The van der Waals surface area contributed by atoms with Crippen LogP contribution in [0.1, 0.15) is 38.4 Å². The van der Waals surface area contributed by atoms with Crippen LogP contribution in [0.3, 0.4) is 0 Å². The number of hydrogen-bond acceptors (Lipinski definition) is 4. The lowest BCUT2D eigenvalue weighted by Gasteiger charge is -2.11. The zero-order valence-electron chi connectivity index (χ0n) is 16.9. The summed E-state index contributed by atoms with van der Waals surface area (Å²) in [4.78, 5) is 26.7. The highest BCUT2D eigenvalue weighted by atomic mass is 35.5. The van der Waals surface area contributed by atoms with Crippen molar-refractivity contribution in [2.75, 3.05) is 0 Å². The van der Waals surface area contributed by atoms with Gasteiger partial charge in [0.15, 0.2) is 0 Å². The van der Waals surface area contributed by atoms with Gasteiger partial charge in [-0.25, -0.2) is 4.79 Å². The normalized spacial score (nSPS) is 11.2. The number of nitro groups is 1. The minimum Gasteiger partial charge on any atom is -0.478 e. The Morgan fingerprint density at radius 3 is 2.50 bits per heavy atom. The molecule has 3 rings (SSSR count). The fraction of sp³-hybridized carbons (Fsp3) is 0.182. The van der Waals surface area contributed by atoms with Crippen LogP contribution in [0.2, 0.25) is 5.02 Å². The number of aliphatic imine (C=N–C) groups is 1. The highest BCUT2D eigenvalue weighted by Crippen LogP contribution is 2.29. The zero-order chi connectivity index (χ0) is 22.2. The molecule has 30 heavy (non-hydrogen) atoms. The number of aryl methyl sites for hydroxylation is 2. The average molecular weight is 426 g/mol. The van der Waals surface area contributed by atoms with E-state index in [1.807, 2.05) is 31.4 Å². The summed E-state index contributed by atoms with van der Waals surface area (Å²) in [7, 11) is 0. The minimum absolute atomic E-state index is 0.0272. The summed E-state index contributed by atoms with van der Waals surface area (Å²) in [6, 6.07) is 10.0. The van der Waals surface area contributed by atoms with Crippen LogP contribution in [-0.2, 0) is 0 Å². The van der Waals surface area contributed by atoms with Gasteiger partial charge in [-0.2, -0.15) is 0 Å². The van der Waals surface area contributed by atoms with Crippen LogP contribution in [0.15, 0.2) is 41.4 Å². The zero-order valence-corrected chi connectivity index (χ0v) is 17.7. The molecular formula is C22H20ClN3O4. The lowest BCUT2D eigenvalue weighted by molar-refractivity contribution is -0.385. The number of carbonyl (C=O) groups is 1. The Labute approximate surface area is 178 Å². The second-order valence-electron chi connectivity index (χ2n) is 7.05. The Hall–Kier alpha value is -3.45. The van der Waals surface area contributed by atoms with Crippen LogP contribution >= 0.6 is 11.6 Å². The third-order valence-corrected chi connectivity index (χ3v) is 5.41. The molecule has 0 fully saturated rings. The van der Waals surface area contributed by atoms with Gasteiger partial charge in [-0.1, -0.05) is 11.6 Å². The Balaban J connectivity index is 2.02. The van der Waals surface area contributed by atoms with Gasteiger partial charge in [0.25, 0.3) is 5.69 Å². The van der Waals surface area contributed by atoms with Crippen molar-refractivity contribution in [1.82, 2.24) is 4.57 Å². The topological polar surface area (TPSA) is 97.7 Å². The molecule has 0 spiro atoms. The average Bonchev–Trinajstić information content (AvgIpc) is 2.96. The molecule has 0 amide bonds. The number of nitro benzene ring substituents is 1. The molecule has 0 aliphatic carbocycles. The number of rotatable bonds is 5. The van der Waals surface area contributed by atoms with E-state index in [0.29, 0.717) is 16.9 Å². The van der Waals surface area contributed by atoms with E-state index < -0.39 is 10.9 Å². The predicted molar refractivity (Wildman–Crippen MR) is 117 cm³/mol. The Morgan fingerprint density at radius 2 is 1.87 bits per heavy atom.